The van der Waals surface area contributed by atoms with Crippen LogP contribution < -0.4 is 5.32 Å². The quantitative estimate of drug-likeness (QED) is 0.744. The van der Waals surface area contributed by atoms with Gasteiger partial charge in [-0.3, -0.25) is 14.7 Å². The van der Waals surface area contributed by atoms with Crippen molar-refractivity contribution in [2.24, 2.45) is 4.99 Å². The first-order valence-electron chi connectivity index (χ1n) is 11.1. The molecular weight excluding hydrogens is 420 g/mol. The molecule has 0 spiro atoms. The number of aromatic nitrogens is 1. The molecular formula is C25H30N4O4. The Morgan fingerprint density at radius 2 is 1.94 bits per heavy atom. The maximum absolute atomic E-state index is 13.0. The number of nitrogens with one attached hydrogen (secondary N) is 1. The van der Waals surface area contributed by atoms with Gasteiger partial charge in [-0.05, 0) is 51.8 Å². The van der Waals surface area contributed by atoms with Crippen LogP contribution in [-0.4, -0.2) is 57.1 Å². The van der Waals surface area contributed by atoms with Crippen molar-refractivity contribution in [1.29, 1.82) is 0 Å². The number of nitrogens with zero attached hydrogens (tertiary/aromatic N) is 3. The lowest BCUT2D eigenvalue weighted by Crippen LogP contribution is -2.50. The number of carbonyl (C=O) groups excluding carboxylic acids is 2. The largest absolute Gasteiger partial charge is 0.444 e. The van der Waals surface area contributed by atoms with Crippen LogP contribution in [0.15, 0.2) is 47.6 Å². The maximum Gasteiger partial charge on any atom is 0.411 e. The van der Waals surface area contributed by atoms with E-state index in [1.807, 2.05) is 43.3 Å². The fourth-order valence-electron chi connectivity index (χ4n) is 4.28. The molecule has 3 heterocycles. The summed E-state index contributed by atoms with van der Waals surface area (Å²) in [5.41, 5.74) is 2.00. The van der Waals surface area contributed by atoms with Crippen molar-refractivity contribution < 1.29 is 19.4 Å². The minimum absolute atomic E-state index is 0.129. The minimum atomic E-state index is -1.06. The molecule has 4 rings (SSSR count). The van der Waals surface area contributed by atoms with Crippen molar-refractivity contribution in [3.05, 3.63) is 53.9 Å². The predicted octanol–water partition coefficient (Wildman–Crippen LogP) is 3.17. The van der Waals surface area contributed by atoms with Crippen LogP contribution in [0, 0.1) is 6.92 Å². The molecule has 2 amide bonds. The zero-order chi connectivity index (χ0) is 24.0. The van der Waals surface area contributed by atoms with E-state index in [4.69, 9.17) is 4.74 Å². The molecule has 0 radical (unpaired) electrons. The van der Waals surface area contributed by atoms with Gasteiger partial charge in [-0.15, -0.1) is 0 Å². The van der Waals surface area contributed by atoms with Gasteiger partial charge in [0.2, 0.25) is 0 Å². The van der Waals surface area contributed by atoms with Gasteiger partial charge in [0.05, 0.1) is 18.7 Å². The Labute approximate surface area is 193 Å². The molecule has 33 heavy (non-hydrogen) atoms. The van der Waals surface area contributed by atoms with E-state index in [1.54, 1.807) is 33.9 Å². The number of hydrogen-bond acceptors (Lipinski definition) is 6. The van der Waals surface area contributed by atoms with E-state index in [-0.39, 0.29) is 18.9 Å². The summed E-state index contributed by atoms with van der Waals surface area (Å²) >= 11 is 0. The molecule has 1 aromatic heterocycles. The summed E-state index contributed by atoms with van der Waals surface area (Å²) in [6.45, 7) is 9.22. The van der Waals surface area contributed by atoms with E-state index < -0.39 is 29.4 Å². The number of aliphatic hydroxyl groups excluding tert-OH is 1. The van der Waals surface area contributed by atoms with Gasteiger partial charge in [0.25, 0.3) is 5.91 Å². The Bertz CT molecular complexity index is 1110. The van der Waals surface area contributed by atoms with Crippen molar-refractivity contribution >= 4 is 17.8 Å². The second-order valence-electron chi connectivity index (χ2n) is 9.80. The van der Waals surface area contributed by atoms with Gasteiger partial charge < -0.3 is 15.2 Å². The number of aliphatic hydroxyl groups is 1. The smallest absolute Gasteiger partial charge is 0.411 e. The number of ether oxygens (including phenoxy) is 1. The highest BCUT2D eigenvalue weighted by Gasteiger charge is 2.47. The molecule has 8 nitrogen and oxygen atoms in total. The van der Waals surface area contributed by atoms with Crippen LogP contribution >= 0.6 is 0 Å². The first-order chi connectivity index (χ1) is 15.5. The first-order valence-corrected chi connectivity index (χ1v) is 11.1. The number of hydrogen-bond donors (Lipinski definition) is 2. The Morgan fingerprint density at radius 1 is 1.24 bits per heavy atom. The summed E-state index contributed by atoms with van der Waals surface area (Å²) < 4.78 is 5.49. The fraction of sp³-hybridized carbons (Fsp3) is 0.440. The minimum Gasteiger partial charge on any atom is -0.444 e. The Morgan fingerprint density at radius 3 is 2.58 bits per heavy atom. The van der Waals surface area contributed by atoms with Gasteiger partial charge in [0.1, 0.15) is 17.0 Å². The lowest BCUT2D eigenvalue weighted by Gasteiger charge is -2.30. The van der Waals surface area contributed by atoms with Gasteiger partial charge in [-0.2, -0.15) is 4.99 Å². The highest BCUT2D eigenvalue weighted by molar-refractivity contribution is 6.09. The highest BCUT2D eigenvalue weighted by Crippen LogP contribution is 2.32. The molecule has 0 bridgehead atoms. The molecule has 0 saturated carbocycles. The number of carbonyl (C=O) groups is 2. The third-order valence-corrected chi connectivity index (χ3v) is 6.03. The van der Waals surface area contributed by atoms with Gasteiger partial charge >= 0.3 is 6.09 Å². The van der Waals surface area contributed by atoms with Crippen molar-refractivity contribution in [2.45, 2.75) is 64.3 Å². The lowest BCUT2D eigenvalue weighted by atomic mass is 9.90. The predicted molar refractivity (Wildman–Crippen MR) is 125 cm³/mol. The average Bonchev–Trinajstić information content (AvgIpc) is 3.28. The number of benzene rings is 1. The monoisotopic (exact) mass is 450 g/mol. The molecule has 3 atom stereocenters. The topological polar surface area (TPSA) is 104 Å². The second-order valence-corrected chi connectivity index (χ2v) is 9.80. The van der Waals surface area contributed by atoms with Crippen LogP contribution in [0.5, 0.6) is 0 Å². The van der Waals surface area contributed by atoms with Gasteiger partial charge in [0, 0.05) is 23.9 Å². The van der Waals surface area contributed by atoms with Gasteiger partial charge in [-0.25, -0.2) is 4.79 Å². The summed E-state index contributed by atoms with van der Waals surface area (Å²) in [7, 11) is 0. The number of aryl methyl sites for hydroxylation is 1. The molecule has 1 saturated heterocycles. The Hall–Kier alpha value is -3.26. The van der Waals surface area contributed by atoms with Crippen molar-refractivity contribution in [1.82, 2.24) is 15.2 Å². The second kappa shape index (κ2) is 8.26. The Kier molecular flexibility index (Phi) is 5.74. The number of amides is 2. The number of aliphatic imine (C=N–C) groups is 1. The van der Waals surface area contributed by atoms with Gasteiger partial charge in [0.15, 0.2) is 0 Å². The number of β-amino-alcohol motifs (C(OH)–C–C–N with tert-alkyl or cyclic N) is 1. The molecule has 8 heteroatoms. The maximum atomic E-state index is 13.0. The highest BCUT2D eigenvalue weighted by atomic mass is 16.6. The van der Waals surface area contributed by atoms with E-state index >= 15 is 0 Å². The summed E-state index contributed by atoms with van der Waals surface area (Å²) in [4.78, 5) is 35.7. The standard InChI is InChI=1S/C25H30N4O4/c1-15-19(7-6-12-26-15)16-8-10-17(11-9-16)25(5)22(31)27-21(28-25)20-13-18(30)14-29(20)23(32)33-24(2,3)4/h6-12,18,20,30H,13-14H2,1-5H3,(H,27,28,31)/t18-,20?,25?/m1/s1. The van der Waals surface area contributed by atoms with Crippen LogP contribution in [0.1, 0.15) is 45.4 Å². The number of likely N-dealkylation sites (tertiary alicyclic amines) is 1. The SMILES string of the molecule is Cc1ncccc1-c1ccc(C2(C)NC(C3C[C@@H](O)CN3C(=O)OC(C)(C)C)=NC2=O)cc1. The normalized spacial score (nSPS) is 25.1. The molecule has 0 aliphatic carbocycles. The van der Waals surface area contributed by atoms with E-state index in [9.17, 15) is 14.7 Å². The summed E-state index contributed by atoms with van der Waals surface area (Å²) in [6.07, 6.45) is 0.796. The lowest BCUT2D eigenvalue weighted by molar-refractivity contribution is -0.122. The van der Waals surface area contributed by atoms with Crippen LogP contribution in [-0.2, 0) is 15.1 Å². The van der Waals surface area contributed by atoms with Crippen LogP contribution in [0.3, 0.4) is 0 Å². The molecule has 174 valence electrons. The van der Waals surface area contributed by atoms with Crippen LogP contribution in [0.4, 0.5) is 4.79 Å². The van der Waals surface area contributed by atoms with E-state index in [2.05, 4.69) is 15.3 Å². The average molecular weight is 451 g/mol. The molecule has 2 N–H and O–H groups in total. The molecule has 2 aromatic rings. The number of pyridine rings is 1. The Balaban J connectivity index is 1.56. The van der Waals surface area contributed by atoms with Crippen LogP contribution in [0.25, 0.3) is 11.1 Å². The molecule has 2 aliphatic rings. The summed E-state index contributed by atoms with van der Waals surface area (Å²) in [6, 6.07) is 11.1. The van der Waals surface area contributed by atoms with Crippen LogP contribution in [0.2, 0.25) is 0 Å². The number of rotatable bonds is 3. The third-order valence-electron chi connectivity index (χ3n) is 6.03. The zero-order valence-electron chi connectivity index (χ0n) is 19.6. The zero-order valence-corrected chi connectivity index (χ0v) is 19.6. The van der Waals surface area contributed by atoms with Crippen molar-refractivity contribution in [3.8, 4) is 11.1 Å². The van der Waals surface area contributed by atoms with E-state index in [0.717, 1.165) is 22.4 Å². The van der Waals surface area contributed by atoms with Crippen molar-refractivity contribution in [3.63, 3.8) is 0 Å². The van der Waals surface area contributed by atoms with E-state index in [1.165, 1.54) is 4.90 Å². The van der Waals surface area contributed by atoms with Crippen molar-refractivity contribution in [2.75, 3.05) is 6.54 Å². The molecule has 2 aliphatic heterocycles. The summed E-state index contributed by atoms with van der Waals surface area (Å²) in [5, 5.41) is 13.5. The molecule has 2 unspecified atom stereocenters. The fourth-order valence-corrected chi connectivity index (χ4v) is 4.28. The third kappa shape index (κ3) is 4.48. The summed E-state index contributed by atoms with van der Waals surface area (Å²) in [5.74, 6) is 0.0328. The molecule has 1 aromatic carbocycles. The van der Waals surface area contributed by atoms with Gasteiger partial charge in [-0.1, -0.05) is 30.3 Å². The van der Waals surface area contributed by atoms with E-state index in [0.29, 0.717) is 5.84 Å². The number of amidine groups is 1. The first kappa shape index (κ1) is 22.9. The molecule has 1 fully saturated rings.